The van der Waals surface area contributed by atoms with E-state index in [4.69, 9.17) is 5.73 Å². The smallest absolute Gasteiger partial charge is 0.234 e. The molecule has 2 aromatic rings. The molecule has 5 nitrogen and oxygen atoms in total. The molecule has 110 valence electrons. The first-order valence-electron chi connectivity index (χ1n) is 6.65. The second-order valence-corrected chi connectivity index (χ2v) is 5.83. The van der Waals surface area contributed by atoms with Crippen LogP contribution in [-0.4, -0.2) is 21.6 Å². The van der Waals surface area contributed by atoms with Crippen molar-refractivity contribution < 1.29 is 4.79 Å². The average molecular weight is 302 g/mol. The van der Waals surface area contributed by atoms with Crippen LogP contribution in [0.3, 0.4) is 0 Å². The molecule has 1 amide bonds. The summed E-state index contributed by atoms with van der Waals surface area (Å²) in [5.41, 5.74) is 7.68. The van der Waals surface area contributed by atoms with E-state index < -0.39 is 0 Å². The predicted octanol–water partition coefficient (Wildman–Crippen LogP) is 2.91. The summed E-state index contributed by atoms with van der Waals surface area (Å²) in [4.78, 5) is 20.0. The molecule has 1 aromatic heterocycles. The highest BCUT2D eigenvalue weighted by atomic mass is 32.2. The second-order valence-electron chi connectivity index (χ2n) is 4.86. The predicted molar refractivity (Wildman–Crippen MR) is 86.3 cm³/mol. The number of nitrogens with zero attached hydrogens (tertiary/aromatic N) is 2. The Kier molecular flexibility index (Phi) is 5.16. The van der Waals surface area contributed by atoms with E-state index in [9.17, 15) is 4.79 Å². The van der Waals surface area contributed by atoms with Crippen molar-refractivity contribution in [2.24, 2.45) is 0 Å². The third-order valence-electron chi connectivity index (χ3n) is 2.87. The fourth-order valence-electron chi connectivity index (χ4n) is 1.75. The van der Waals surface area contributed by atoms with E-state index in [2.05, 4.69) is 35.2 Å². The Hall–Kier alpha value is -2.08. The van der Waals surface area contributed by atoms with Crippen LogP contribution in [0.2, 0.25) is 0 Å². The van der Waals surface area contributed by atoms with Crippen molar-refractivity contribution in [3.8, 4) is 0 Å². The summed E-state index contributed by atoms with van der Waals surface area (Å²) >= 11 is 1.27. The molecular weight excluding hydrogens is 284 g/mol. The number of amides is 1. The maximum Gasteiger partial charge on any atom is 0.234 e. The van der Waals surface area contributed by atoms with Crippen LogP contribution < -0.4 is 11.1 Å². The average Bonchev–Trinajstić information content (AvgIpc) is 2.46. The zero-order valence-corrected chi connectivity index (χ0v) is 12.9. The van der Waals surface area contributed by atoms with Crippen molar-refractivity contribution in [3.05, 3.63) is 42.2 Å². The molecule has 0 saturated carbocycles. The van der Waals surface area contributed by atoms with Crippen LogP contribution in [0.15, 0.2) is 41.7 Å². The lowest BCUT2D eigenvalue weighted by Crippen LogP contribution is -2.14. The van der Waals surface area contributed by atoms with E-state index in [1.165, 1.54) is 23.5 Å². The molecule has 0 atom stereocenters. The molecule has 3 N–H and O–H groups in total. The van der Waals surface area contributed by atoms with Crippen molar-refractivity contribution in [1.82, 2.24) is 9.97 Å². The zero-order valence-electron chi connectivity index (χ0n) is 12.0. The minimum Gasteiger partial charge on any atom is -0.381 e. The molecule has 0 bridgehead atoms. The van der Waals surface area contributed by atoms with Crippen molar-refractivity contribution in [3.63, 3.8) is 0 Å². The minimum atomic E-state index is -0.0917. The summed E-state index contributed by atoms with van der Waals surface area (Å²) in [6.07, 6.45) is 3.08. The van der Waals surface area contributed by atoms with Gasteiger partial charge in [-0.3, -0.25) is 4.79 Å². The van der Waals surface area contributed by atoms with E-state index in [-0.39, 0.29) is 11.7 Å². The van der Waals surface area contributed by atoms with E-state index in [0.29, 0.717) is 16.8 Å². The Labute approximate surface area is 128 Å². The molecule has 21 heavy (non-hydrogen) atoms. The molecule has 0 saturated heterocycles. The molecule has 0 aliphatic carbocycles. The van der Waals surface area contributed by atoms with Gasteiger partial charge in [0.1, 0.15) is 5.03 Å². The number of thioether (sulfide) groups is 1. The lowest BCUT2D eigenvalue weighted by atomic mass is 10.0. The van der Waals surface area contributed by atoms with E-state index >= 15 is 0 Å². The number of carbonyl (C=O) groups excluding carboxylic acids is 1. The largest absolute Gasteiger partial charge is 0.381 e. The van der Waals surface area contributed by atoms with Crippen LogP contribution >= 0.6 is 11.8 Å². The summed E-state index contributed by atoms with van der Waals surface area (Å²) in [5, 5.41) is 3.45. The van der Waals surface area contributed by atoms with Crippen LogP contribution in [0.1, 0.15) is 25.3 Å². The first-order valence-corrected chi connectivity index (χ1v) is 7.64. The number of carbonyl (C=O) groups is 1. The van der Waals surface area contributed by atoms with Crippen LogP contribution in [0.5, 0.6) is 0 Å². The number of rotatable bonds is 5. The highest BCUT2D eigenvalue weighted by Gasteiger charge is 2.08. The Balaban J connectivity index is 1.93. The molecule has 6 heteroatoms. The van der Waals surface area contributed by atoms with Gasteiger partial charge in [0.25, 0.3) is 0 Å². The van der Waals surface area contributed by atoms with Gasteiger partial charge in [-0.05, 0) is 23.6 Å². The molecule has 0 aliphatic rings. The van der Waals surface area contributed by atoms with Gasteiger partial charge < -0.3 is 11.1 Å². The molecule has 0 unspecified atom stereocenters. The number of nitrogen functional groups attached to an aromatic ring is 1. The summed E-state index contributed by atoms with van der Waals surface area (Å²) in [6, 6.07) is 7.86. The first kappa shape index (κ1) is 15.3. The number of nitrogens with one attached hydrogen (secondary N) is 1. The van der Waals surface area contributed by atoms with Crippen molar-refractivity contribution >= 4 is 29.2 Å². The van der Waals surface area contributed by atoms with Crippen molar-refractivity contribution in [2.75, 3.05) is 16.8 Å². The topological polar surface area (TPSA) is 80.9 Å². The van der Waals surface area contributed by atoms with Crippen LogP contribution in [0.25, 0.3) is 0 Å². The number of benzene rings is 1. The van der Waals surface area contributed by atoms with Gasteiger partial charge in [0.05, 0.1) is 5.75 Å². The summed E-state index contributed by atoms with van der Waals surface area (Å²) in [7, 11) is 0. The molecule has 1 aromatic carbocycles. The highest BCUT2D eigenvalue weighted by molar-refractivity contribution is 8.00. The molecular formula is C15H18N4OS. The maximum atomic E-state index is 12.0. The summed E-state index contributed by atoms with van der Waals surface area (Å²) in [5.74, 6) is 0.924. The molecule has 0 fully saturated rings. The van der Waals surface area contributed by atoms with Gasteiger partial charge in [0.2, 0.25) is 5.91 Å². The number of nitrogens with two attached hydrogens (primary N) is 1. The normalized spacial score (nSPS) is 10.6. The first-order chi connectivity index (χ1) is 10.1. The fraction of sp³-hybridized carbons (Fsp3) is 0.267. The van der Waals surface area contributed by atoms with E-state index in [1.807, 2.05) is 18.2 Å². The fourth-order valence-corrected chi connectivity index (χ4v) is 2.43. The standard InChI is InChI=1S/C15H18N4OS/c1-10(2)11-4-3-5-12(8-11)19-13(20)9-21-15-14(16)17-6-7-18-15/h3-8,10H,9H2,1-2H3,(H2,16,17)(H,19,20). The van der Waals surface area contributed by atoms with Gasteiger partial charge in [0.15, 0.2) is 5.82 Å². The number of hydrogen-bond donors (Lipinski definition) is 2. The highest BCUT2D eigenvalue weighted by Crippen LogP contribution is 2.21. The quantitative estimate of drug-likeness (QED) is 0.830. The minimum absolute atomic E-state index is 0.0917. The lowest BCUT2D eigenvalue weighted by molar-refractivity contribution is -0.113. The Morgan fingerprint density at radius 3 is 2.81 bits per heavy atom. The SMILES string of the molecule is CC(C)c1cccc(NC(=O)CSc2nccnc2N)c1. The number of aromatic nitrogens is 2. The van der Waals surface area contributed by atoms with Crippen molar-refractivity contribution in [1.29, 1.82) is 0 Å². The van der Waals surface area contributed by atoms with Gasteiger partial charge >= 0.3 is 0 Å². The lowest BCUT2D eigenvalue weighted by Gasteiger charge is -2.09. The van der Waals surface area contributed by atoms with Gasteiger partial charge in [-0.1, -0.05) is 37.7 Å². The van der Waals surface area contributed by atoms with Gasteiger partial charge in [0, 0.05) is 18.1 Å². The van der Waals surface area contributed by atoms with Gasteiger partial charge in [-0.15, -0.1) is 0 Å². The van der Waals surface area contributed by atoms with E-state index in [1.54, 1.807) is 6.20 Å². The summed E-state index contributed by atoms with van der Waals surface area (Å²) in [6.45, 7) is 4.24. The zero-order chi connectivity index (χ0) is 15.2. The Morgan fingerprint density at radius 1 is 1.33 bits per heavy atom. The van der Waals surface area contributed by atoms with Gasteiger partial charge in [-0.25, -0.2) is 9.97 Å². The van der Waals surface area contributed by atoms with Gasteiger partial charge in [-0.2, -0.15) is 0 Å². The Morgan fingerprint density at radius 2 is 2.10 bits per heavy atom. The second kappa shape index (κ2) is 7.08. The summed E-state index contributed by atoms with van der Waals surface area (Å²) < 4.78 is 0. The maximum absolute atomic E-state index is 12.0. The molecule has 1 heterocycles. The molecule has 0 radical (unpaired) electrons. The monoisotopic (exact) mass is 302 g/mol. The number of hydrogen-bond acceptors (Lipinski definition) is 5. The molecule has 0 aliphatic heterocycles. The van der Waals surface area contributed by atoms with Crippen LogP contribution in [0.4, 0.5) is 11.5 Å². The Bertz CT molecular complexity index is 631. The van der Waals surface area contributed by atoms with Crippen LogP contribution in [0, 0.1) is 0 Å². The molecule has 2 rings (SSSR count). The van der Waals surface area contributed by atoms with Crippen LogP contribution in [-0.2, 0) is 4.79 Å². The van der Waals surface area contributed by atoms with Crippen molar-refractivity contribution in [2.45, 2.75) is 24.8 Å². The van der Waals surface area contributed by atoms with E-state index in [0.717, 1.165) is 5.69 Å². The molecule has 0 spiro atoms. The third kappa shape index (κ3) is 4.46. The number of anilines is 2. The third-order valence-corrected chi connectivity index (χ3v) is 3.86.